The Kier molecular flexibility index (Phi) is 18.2. The number of nitrogens with two attached hydrogens (primary N) is 2. The Labute approximate surface area is 217 Å². The Hall–Kier alpha value is -3.26. The number of β-amino-alcohol motifs (C(OH)–C–C–N with tert-alkyl or cyclic N) is 1. The maximum atomic E-state index is 10.2. The standard InChI is InChI=1S/C11H16N2.C10H14N2O2.C5H10N2.C2H6/c1-9-7-8-11(13-12-9)10-5-3-2-4-6-10;1-3-9(4-5-13)11-8(2)12-6-10(14)7-12;1-5(7)3-2-4-6;1-2/h7-8,10H,2-6H2,1H3;3,5,10,14H,1-2,4,6-7H2;2-4H,6-7H2,1H3;1-2H3/b;11-9+;4-2-,5-3-;. The van der Waals surface area contributed by atoms with E-state index < -0.39 is 0 Å². The molecule has 0 radical (unpaired) electrons. The molecule has 0 amide bonds. The number of carbonyl (C=O) groups excluding carboxylic acids is 1. The monoisotopic (exact) mass is 498 g/mol. The summed E-state index contributed by atoms with van der Waals surface area (Å²) in [5, 5.41) is 17.4. The quantitative estimate of drug-likeness (QED) is 0.286. The van der Waals surface area contributed by atoms with Gasteiger partial charge in [-0.1, -0.05) is 46.3 Å². The van der Waals surface area contributed by atoms with E-state index in [4.69, 9.17) is 16.6 Å². The van der Waals surface area contributed by atoms with E-state index in [1.54, 1.807) is 19.1 Å². The average molecular weight is 499 g/mol. The van der Waals surface area contributed by atoms with E-state index in [0.29, 0.717) is 30.5 Å². The minimum Gasteiger partial charge on any atom is -0.405 e. The molecule has 2 heterocycles. The highest BCUT2D eigenvalue weighted by atomic mass is 16.3. The lowest BCUT2D eigenvalue weighted by Crippen LogP contribution is -2.49. The Balaban J connectivity index is 0.000000518. The van der Waals surface area contributed by atoms with Gasteiger partial charge >= 0.3 is 0 Å². The second-order valence-corrected chi connectivity index (χ2v) is 8.38. The summed E-state index contributed by atoms with van der Waals surface area (Å²) in [5.74, 6) is 1.26. The summed E-state index contributed by atoms with van der Waals surface area (Å²) in [7, 11) is 0. The van der Waals surface area contributed by atoms with Crippen LogP contribution in [0.15, 0.2) is 66.2 Å². The van der Waals surface area contributed by atoms with Crippen molar-refractivity contribution >= 4 is 12.0 Å². The lowest BCUT2D eigenvalue weighted by Gasteiger charge is -2.37. The maximum Gasteiger partial charge on any atom is 0.125 e. The number of aliphatic hydroxyl groups is 1. The number of aldehydes is 1. The lowest BCUT2D eigenvalue weighted by atomic mass is 9.87. The largest absolute Gasteiger partial charge is 0.405 e. The minimum atomic E-state index is -0.278. The van der Waals surface area contributed by atoms with Gasteiger partial charge < -0.3 is 26.3 Å². The van der Waals surface area contributed by atoms with Crippen LogP contribution < -0.4 is 11.5 Å². The van der Waals surface area contributed by atoms with Crippen LogP contribution >= 0.6 is 0 Å². The summed E-state index contributed by atoms with van der Waals surface area (Å²) in [6.07, 6.45) is 13.9. The first-order valence-electron chi connectivity index (χ1n) is 12.7. The van der Waals surface area contributed by atoms with Crippen LogP contribution in [0.4, 0.5) is 0 Å². The number of nitrogens with zero attached hydrogens (tertiary/aromatic N) is 4. The van der Waals surface area contributed by atoms with Crippen LogP contribution in [0.3, 0.4) is 0 Å². The summed E-state index contributed by atoms with van der Waals surface area (Å²) < 4.78 is 0. The molecular weight excluding hydrogens is 452 g/mol. The first-order valence-corrected chi connectivity index (χ1v) is 12.7. The normalized spacial score (nSPS) is 16.3. The van der Waals surface area contributed by atoms with Crippen molar-refractivity contribution in [1.29, 1.82) is 0 Å². The van der Waals surface area contributed by atoms with Crippen molar-refractivity contribution in [3.8, 4) is 0 Å². The van der Waals surface area contributed by atoms with Crippen LogP contribution in [0.1, 0.15) is 76.6 Å². The molecule has 0 bridgehead atoms. The summed E-state index contributed by atoms with van der Waals surface area (Å²) in [5.41, 5.74) is 13.8. The molecule has 8 heteroatoms. The van der Waals surface area contributed by atoms with E-state index in [1.165, 1.54) is 50.1 Å². The molecule has 1 aromatic heterocycles. The molecule has 0 atom stereocenters. The van der Waals surface area contributed by atoms with Crippen LogP contribution in [-0.4, -0.2) is 51.4 Å². The summed E-state index contributed by atoms with van der Waals surface area (Å²) >= 11 is 0. The predicted octanol–water partition coefficient (Wildman–Crippen LogP) is 4.53. The molecule has 5 N–H and O–H groups in total. The topological polar surface area (TPSA) is 131 Å². The highest BCUT2D eigenvalue weighted by Gasteiger charge is 2.25. The molecular formula is C28H46N6O2. The van der Waals surface area contributed by atoms with Gasteiger partial charge in [-0.2, -0.15) is 10.2 Å². The van der Waals surface area contributed by atoms with Gasteiger partial charge in [0.1, 0.15) is 12.1 Å². The second kappa shape index (κ2) is 20.0. The second-order valence-electron chi connectivity index (χ2n) is 8.38. The van der Waals surface area contributed by atoms with Crippen molar-refractivity contribution in [3.63, 3.8) is 0 Å². The highest BCUT2D eigenvalue weighted by molar-refractivity contribution is 6.02. The van der Waals surface area contributed by atoms with Crippen LogP contribution in [0.25, 0.3) is 0 Å². The number of allylic oxidation sites excluding steroid dienone is 4. The van der Waals surface area contributed by atoms with E-state index in [-0.39, 0.29) is 12.5 Å². The molecule has 1 saturated carbocycles. The van der Waals surface area contributed by atoms with Crippen LogP contribution in [0, 0.1) is 6.92 Å². The van der Waals surface area contributed by atoms with Crippen molar-refractivity contribution in [2.75, 3.05) is 13.1 Å². The van der Waals surface area contributed by atoms with Gasteiger partial charge in [-0.25, -0.2) is 4.99 Å². The molecule has 0 spiro atoms. The lowest BCUT2D eigenvalue weighted by molar-refractivity contribution is -0.106. The fraction of sp³-hybridized carbons (Fsp3) is 0.500. The molecule has 1 aromatic rings. The number of hydrogen-bond donors (Lipinski definition) is 3. The summed E-state index contributed by atoms with van der Waals surface area (Å²) in [4.78, 5) is 16.2. The van der Waals surface area contributed by atoms with Gasteiger partial charge in [0.05, 0.1) is 17.5 Å². The number of likely N-dealkylation sites (tertiary alicyclic amines) is 1. The molecule has 1 aliphatic heterocycles. The van der Waals surface area contributed by atoms with Crippen molar-refractivity contribution in [2.45, 2.75) is 78.2 Å². The van der Waals surface area contributed by atoms with Crippen molar-refractivity contribution in [3.05, 3.63) is 72.6 Å². The van der Waals surface area contributed by atoms with Gasteiger partial charge in [-0.05, 0) is 63.2 Å². The van der Waals surface area contributed by atoms with E-state index in [2.05, 4.69) is 40.5 Å². The third-order valence-corrected chi connectivity index (χ3v) is 5.34. The number of aromatic nitrogens is 2. The highest BCUT2D eigenvalue weighted by Crippen LogP contribution is 2.30. The fourth-order valence-electron chi connectivity index (χ4n) is 3.40. The van der Waals surface area contributed by atoms with E-state index in [0.717, 1.165) is 17.7 Å². The fourth-order valence-corrected chi connectivity index (χ4v) is 3.40. The smallest absolute Gasteiger partial charge is 0.125 e. The first-order chi connectivity index (χ1) is 17.3. The van der Waals surface area contributed by atoms with Crippen molar-refractivity contribution < 1.29 is 9.90 Å². The van der Waals surface area contributed by atoms with Gasteiger partial charge in [-0.3, -0.25) is 0 Å². The van der Waals surface area contributed by atoms with Crippen molar-refractivity contribution in [1.82, 2.24) is 15.1 Å². The Morgan fingerprint density at radius 1 is 1.22 bits per heavy atom. The van der Waals surface area contributed by atoms with Crippen LogP contribution in [-0.2, 0) is 4.79 Å². The zero-order chi connectivity index (χ0) is 27.3. The molecule has 1 aliphatic carbocycles. The van der Waals surface area contributed by atoms with E-state index in [1.807, 2.05) is 25.7 Å². The molecule has 3 rings (SSSR count). The molecule has 2 fully saturated rings. The van der Waals surface area contributed by atoms with Gasteiger partial charge in [0.15, 0.2) is 0 Å². The Bertz CT molecular complexity index is 845. The molecule has 1 saturated heterocycles. The van der Waals surface area contributed by atoms with E-state index >= 15 is 0 Å². The zero-order valence-corrected chi connectivity index (χ0v) is 22.6. The van der Waals surface area contributed by atoms with Gasteiger partial charge in [0.25, 0.3) is 0 Å². The molecule has 0 unspecified atom stereocenters. The average Bonchev–Trinajstić information content (AvgIpc) is 2.88. The van der Waals surface area contributed by atoms with Crippen LogP contribution in [0.2, 0.25) is 0 Å². The third kappa shape index (κ3) is 14.2. The summed E-state index contributed by atoms with van der Waals surface area (Å²) in [6.45, 7) is 16.2. The third-order valence-electron chi connectivity index (χ3n) is 5.34. The number of aliphatic hydroxyl groups excluding tert-OH is 1. The minimum absolute atomic E-state index is 0.249. The molecule has 36 heavy (non-hydrogen) atoms. The van der Waals surface area contributed by atoms with Gasteiger partial charge in [0.2, 0.25) is 0 Å². The molecule has 0 aromatic carbocycles. The SMILES string of the molecule is C/C(N)=C/C=C\N.C=C/C(CC=O)=N\C(=C)N1CC(O)C1.CC.Cc1ccc(C2CCCCC2)nn1. The maximum absolute atomic E-state index is 10.2. The number of carbonyl (C=O) groups is 1. The van der Waals surface area contributed by atoms with Crippen molar-refractivity contribution in [2.24, 2.45) is 16.5 Å². The molecule has 200 valence electrons. The number of aryl methyl sites for hydroxylation is 1. The van der Waals surface area contributed by atoms with Gasteiger partial charge in [-0.15, -0.1) is 0 Å². The van der Waals surface area contributed by atoms with Crippen LogP contribution in [0.5, 0.6) is 0 Å². The Morgan fingerprint density at radius 3 is 2.28 bits per heavy atom. The number of hydrogen-bond acceptors (Lipinski definition) is 8. The zero-order valence-electron chi connectivity index (χ0n) is 22.6. The number of rotatable bonds is 7. The first kappa shape index (κ1) is 32.7. The molecule has 8 nitrogen and oxygen atoms in total. The summed E-state index contributed by atoms with van der Waals surface area (Å²) in [6, 6.07) is 4.20. The number of aliphatic imine (C=N–C) groups is 1. The Morgan fingerprint density at radius 2 is 1.86 bits per heavy atom. The van der Waals surface area contributed by atoms with Gasteiger partial charge in [0, 0.05) is 36.8 Å². The molecule has 2 aliphatic rings. The predicted molar refractivity (Wildman–Crippen MR) is 150 cm³/mol. The van der Waals surface area contributed by atoms with E-state index in [9.17, 15) is 4.79 Å².